The van der Waals surface area contributed by atoms with Gasteiger partial charge in [-0.1, -0.05) is 13.8 Å². The molecule has 68 valence electrons. The summed E-state index contributed by atoms with van der Waals surface area (Å²) in [5.41, 5.74) is 0. The van der Waals surface area contributed by atoms with E-state index in [1.165, 1.54) is 17.3 Å². The molecule has 1 rings (SSSR count). The molecular weight excluding hydrogens is 168 g/mol. The fourth-order valence-corrected chi connectivity index (χ4v) is 1.83. The van der Waals surface area contributed by atoms with Crippen LogP contribution < -0.4 is 4.57 Å². The van der Waals surface area contributed by atoms with E-state index in [0.717, 1.165) is 13.0 Å². The van der Waals surface area contributed by atoms with Crippen molar-refractivity contribution in [2.75, 3.05) is 11.5 Å². The van der Waals surface area contributed by atoms with E-state index in [1.54, 1.807) is 0 Å². The summed E-state index contributed by atoms with van der Waals surface area (Å²) in [5.74, 6) is 3.75. The first kappa shape index (κ1) is 9.65. The fourth-order valence-electron chi connectivity index (χ4n) is 1.22. The van der Waals surface area contributed by atoms with Gasteiger partial charge in [0.25, 0.3) is 5.82 Å². The third-order valence-corrected chi connectivity index (χ3v) is 2.75. The minimum atomic E-state index is 1.09. The molecule has 0 amide bonds. The van der Waals surface area contributed by atoms with Crippen LogP contribution in [0.5, 0.6) is 0 Å². The van der Waals surface area contributed by atoms with Gasteiger partial charge in [0.1, 0.15) is 12.4 Å². The number of nitrogens with one attached hydrogen (secondary N) is 1. The van der Waals surface area contributed by atoms with Crippen LogP contribution in [0.3, 0.4) is 0 Å². The van der Waals surface area contributed by atoms with Crippen LogP contribution in [-0.2, 0) is 13.0 Å². The lowest BCUT2D eigenvalue weighted by Gasteiger charge is -1.97. The molecule has 1 aromatic heterocycles. The van der Waals surface area contributed by atoms with Gasteiger partial charge in [0.15, 0.2) is 0 Å². The van der Waals surface area contributed by atoms with Crippen LogP contribution in [0, 0.1) is 0 Å². The maximum Gasteiger partial charge on any atom is 0.253 e. The van der Waals surface area contributed by atoms with E-state index in [4.69, 9.17) is 0 Å². The number of rotatable bonds is 5. The molecule has 0 aliphatic rings. The van der Waals surface area contributed by atoms with Gasteiger partial charge in [-0.3, -0.25) is 0 Å². The van der Waals surface area contributed by atoms with Crippen molar-refractivity contribution in [3.05, 3.63) is 18.2 Å². The van der Waals surface area contributed by atoms with Crippen molar-refractivity contribution in [1.82, 2.24) is 4.98 Å². The summed E-state index contributed by atoms with van der Waals surface area (Å²) in [4.78, 5) is 3.24. The topological polar surface area (TPSA) is 19.7 Å². The molecule has 1 aromatic rings. The van der Waals surface area contributed by atoms with Gasteiger partial charge in [-0.25, -0.2) is 9.55 Å². The standard InChI is InChI=1S/C9H16N2S/c1-3-9-10-5-6-11(9)7-8-12-4-2/h5-6H,3-4,7-8H2,1-2H3/p+1. The van der Waals surface area contributed by atoms with Crippen molar-refractivity contribution in [2.24, 2.45) is 0 Å². The summed E-state index contributed by atoms with van der Waals surface area (Å²) in [5, 5.41) is 0. The minimum Gasteiger partial charge on any atom is -0.248 e. The molecule has 0 saturated heterocycles. The Hall–Kier alpha value is -0.440. The quantitative estimate of drug-likeness (QED) is 0.546. The highest BCUT2D eigenvalue weighted by Crippen LogP contribution is 1.97. The van der Waals surface area contributed by atoms with Crippen LogP contribution in [0.25, 0.3) is 0 Å². The van der Waals surface area contributed by atoms with Crippen molar-refractivity contribution in [3.8, 4) is 0 Å². The molecular formula is C9H17N2S+. The number of aromatic nitrogens is 2. The van der Waals surface area contributed by atoms with Gasteiger partial charge in [-0.2, -0.15) is 11.8 Å². The first-order valence-electron chi connectivity index (χ1n) is 4.52. The summed E-state index contributed by atoms with van der Waals surface area (Å²) >= 11 is 1.99. The van der Waals surface area contributed by atoms with Crippen molar-refractivity contribution in [2.45, 2.75) is 26.8 Å². The first-order chi connectivity index (χ1) is 5.88. The van der Waals surface area contributed by atoms with Gasteiger partial charge < -0.3 is 0 Å². The van der Waals surface area contributed by atoms with Crippen molar-refractivity contribution >= 4 is 11.8 Å². The fraction of sp³-hybridized carbons (Fsp3) is 0.667. The molecule has 0 spiro atoms. The van der Waals surface area contributed by atoms with Crippen LogP contribution in [0.4, 0.5) is 0 Å². The highest BCUT2D eigenvalue weighted by Gasteiger charge is 2.05. The molecule has 0 aromatic carbocycles. The molecule has 0 bridgehead atoms. The van der Waals surface area contributed by atoms with E-state index in [0.29, 0.717) is 0 Å². The van der Waals surface area contributed by atoms with E-state index in [1.807, 2.05) is 18.0 Å². The SMILES string of the molecule is CCSCC[n+]1cc[nH]c1CC. The van der Waals surface area contributed by atoms with Crippen LogP contribution in [-0.4, -0.2) is 16.5 Å². The number of aryl methyl sites for hydroxylation is 2. The number of hydrogen-bond acceptors (Lipinski definition) is 1. The number of aromatic amines is 1. The van der Waals surface area contributed by atoms with Crippen molar-refractivity contribution in [3.63, 3.8) is 0 Å². The second-order valence-electron chi connectivity index (χ2n) is 2.65. The van der Waals surface area contributed by atoms with Gasteiger partial charge in [0.05, 0.1) is 6.54 Å². The Labute approximate surface area is 78.4 Å². The maximum atomic E-state index is 3.24. The largest absolute Gasteiger partial charge is 0.253 e. The zero-order chi connectivity index (χ0) is 8.81. The van der Waals surface area contributed by atoms with E-state index in [2.05, 4.69) is 29.6 Å². The summed E-state index contributed by atoms with van der Waals surface area (Å²) in [6, 6.07) is 0. The first-order valence-corrected chi connectivity index (χ1v) is 5.67. The van der Waals surface area contributed by atoms with Crippen LogP contribution in [0.15, 0.2) is 12.4 Å². The van der Waals surface area contributed by atoms with Crippen LogP contribution >= 0.6 is 11.8 Å². The average Bonchev–Trinajstić information content (AvgIpc) is 2.52. The average molecular weight is 185 g/mol. The summed E-state index contributed by atoms with van der Waals surface area (Å²) < 4.78 is 2.29. The molecule has 2 nitrogen and oxygen atoms in total. The molecule has 1 heterocycles. The highest BCUT2D eigenvalue weighted by molar-refractivity contribution is 7.99. The molecule has 0 saturated carbocycles. The Kier molecular flexibility index (Phi) is 4.22. The molecule has 3 heteroatoms. The molecule has 0 aliphatic carbocycles. The lowest BCUT2D eigenvalue weighted by atomic mass is 10.4. The monoisotopic (exact) mass is 185 g/mol. The Morgan fingerprint density at radius 3 is 3.00 bits per heavy atom. The number of hydrogen-bond donors (Lipinski definition) is 1. The maximum absolute atomic E-state index is 3.24. The Morgan fingerprint density at radius 2 is 2.33 bits per heavy atom. The number of nitrogens with zero attached hydrogens (tertiary/aromatic N) is 1. The van der Waals surface area contributed by atoms with E-state index >= 15 is 0 Å². The van der Waals surface area contributed by atoms with Gasteiger partial charge >= 0.3 is 0 Å². The van der Waals surface area contributed by atoms with Crippen molar-refractivity contribution in [1.29, 1.82) is 0 Å². The molecule has 0 atom stereocenters. The van der Waals surface area contributed by atoms with Gasteiger partial charge in [0, 0.05) is 12.2 Å². The second-order valence-corrected chi connectivity index (χ2v) is 4.04. The van der Waals surface area contributed by atoms with E-state index < -0.39 is 0 Å². The molecule has 1 N–H and O–H groups in total. The molecule has 0 unspecified atom stereocenters. The predicted molar refractivity (Wildman–Crippen MR) is 53.4 cm³/mol. The zero-order valence-corrected chi connectivity index (χ0v) is 8.66. The normalized spacial score (nSPS) is 10.5. The molecule has 12 heavy (non-hydrogen) atoms. The van der Waals surface area contributed by atoms with Crippen molar-refractivity contribution < 1.29 is 4.57 Å². The van der Waals surface area contributed by atoms with Crippen LogP contribution in [0.2, 0.25) is 0 Å². The minimum absolute atomic E-state index is 1.09. The van der Waals surface area contributed by atoms with Gasteiger partial charge in [-0.05, 0) is 5.75 Å². The van der Waals surface area contributed by atoms with E-state index in [-0.39, 0.29) is 0 Å². The smallest absolute Gasteiger partial charge is 0.248 e. The summed E-state index contributed by atoms with van der Waals surface area (Å²) in [7, 11) is 0. The number of imidazole rings is 1. The number of thioether (sulfide) groups is 1. The molecule has 0 aliphatic heterocycles. The Bertz CT molecular complexity index is 220. The zero-order valence-electron chi connectivity index (χ0n) is 7.84. The highest BCUT2D eigenvalue weighted by atomic mass is 32.2. The second kappa shape index (κ2) is 5.25. The number of H-pyrrole nitrogens is 1. The Morgan fingerprint density at radius 1 is 1.50 bits per heavy atom. The Balaban J connectivity index is 2.39. The van der Waals surface area contributed by atoms with Crippen LogP contribution in [0.1, 0.15) is 19.7 Å². The van der Waals surface area contributed by atoms with E-state index in [9.17, 15) is 0 Å². The van der Waals surface area contributed by atoms with Gasteiger partial charge in [-0.15, -0.1) is 0 Å². The third kappa shape index (κ3) is 2.55. The molecule has 0 fully saturated rings. The lowest BCUT2D eigenvalue weighted by Crippen LogP contribution is -2.36. The predicted octanol–water partition coefficient (Wildman–Crippen LogP) is 1.62. The summed E-state index contributed by atoms with van der Waals surface area (Å²) in [6.45, 7) is 5.51. The third-order valence-electron chi connectivity index (χ3n) is 1.87. The van der Waals surface area contributed by atoms with Gasteiger partial charge in [0.2, 0.25) is 0 Å². The molecule has 0 radical (unpaired) electrons. The summed E-state index contributed by atoms with van der Waals surface area (Å²) in [6.07, 6.45) is 5.22. The lowest BCUT2D eigenvalue weighted by molar-refractivity contribution is -0.698.